The van der Waals surface area contributed by atoms with Gasteiger partial charge in [0, 0.05) is 5.69 Å². The van der Waals surface area contributed by atoms with Gasteiger partial charge in [0.15, 0.2) is 5.96 Å². The zero-order chi connectivity index (χ0) is 16.8. The lowest BCUT2D eigenvalue weighted by Crippen LogP contribution is -2.22. The molecule has 0 spiro atoms. The minimum Gasteiger partial charge on any atom is -0.460 e. The predicted octanol–water partition coefficient (Wildman–Crippen LogP) is 3.62. The summed E-state index contributed by atoms with van der Waals surface area (Å²) in [5, 5.41) is 3.02. The Labute approximate surface area is 158 Å². The standard InChI is InChI=1S/C17H21N3O3.HI/c1-4-22-16(21)15-8-7-14(23-15)10-19-17(18)20-13-6-5-11(2)12(3)9-13;/h5-9H,4,10H2,1-3H3,(H3,18,19,20);1H. The Kier molecular flexibility index (Phi) is 7.76. The second-order valence-corrected chi connectivity index (χ2v) is 5.11. The van der Waals surface area contributed by atoms with Crippen LogP contribution < -0.4 is 11.1 Å². The van der Waals surface area contributed by atoms with Crippen LogP contribution in [0.3, 0.4) is 0 Å². The average molecular weight is 443 g/mol. The van der Waals surface area contributed by atoms with E-state index in [9.17, 15) is 4.79 Å². The van der Waals surface area contributed by atoms with Crippen LogP contribution in [0, 0.1) is 13.8 Å². The number of nitrogens with one attached hydrogen (secondary N) is 1. The normalized spacial score (nSPS) is 10.9. The third-order valence-electron chi connectivity index (χ3n) is 3.32. The van der Waals surface area contributed by atoms with Gasteiger partial charge in [-0.05, 0) is 56.2 Å². The summed E-state index contributed by atoms with van der Waals surface area (Å²) in [6.07, 6.45) is 0. The Bertz CT molecular complexity index is 726. The predicted molar refractivity (Wildman–Crippen MR) is 105 cm³/mol. The molecular weight excluding hydrogens is 421 g/mol. The Balaban J connectivity index is 0.00000288. The van der Waals surface area contributed by atoms with Crippen LogP contribution in [-0.2, 0) is 11.3 Å². The van der Waals surface area contributed by atoms with Crippen LogP contribution in [0.1, 0.15) is 34.4 Å². The van der Waals surface area contributed by atoms with E-state index in [-0.39, 0.29) is 42.2 Å². The zero-order valence-corrected chi connectivity index (χ0v) is 16.3. The number of anilines is 1. The number of furan rings is 1. The summed E-state index contributed by atoms with van der Waals surface area (Å²) in [4.78, 5) is 15.7. The van der Waals surface area contributed by atoms with Gasteiger partial charge in [-0.3, -0.25) is 0 Å². The van der Waals surface area contributed by atoms with Gasteiger partial charge in [0.25, 0.3) is 0 Å². The largest absolute Gasteiger partial charge is 0.460 e. The van der Waals surface area contributed by atoms with Crippen molar-refractivity contribution in [3.63, 3.8) is 0 Å². The van der Waals surface area contributed by atoms with E-state index in [0.717, 1.165) is 5.69 Å². The van der Waals surface area contributed by atoms with Crippen LogP contribution in [0.5, 0.6) is 0 Å². The lowest BCUT2D eigenvalue weighted by molar-refractivity contribution is 0.0488. The third kappa shape index (κ3) is 5.55. The summed E-state index contributed by atoms with van der Waals surface area (Å²) in [6.45, 7) is 6.37. The number of aryl methyl sites for hydroxylation is 2. The number of guanidine groups is 1. The van der Waals surface area contributed by atoms with Gasteiger partial charge in [-0.15, -0.1) is 24.0 Å². The van der Waals surface area contributed by atoms with E-state index in [1.807, 2.05) is 25.1 Å². The van der Waals surface area contributed by atoms with Gasteiger partial charge in [0.1, 0.15) is 12.3 Å². The Hall–Kier alpha value is -2.03. The number of nitrogens with two attached hydrogens (primary N) is 1. The van der Waals surface area contributed by atoms with Gasteiger partial charge < -0.3 is 20.2 Å². The molecule has 2 aromatic rings. The number of benzene rings is 1. The van der Waals surface area contributed by atoms with Crippen molar-refractivity contribution in [3.05, 3.63) is 53.0 Å². The minimum absolute atomic E-state index is 0. The van der Waals surface area contributed by atoms with Crippen molar-refractivity contribution in [1.29, 1.82) is 0 Å². The smallest absolute Gasteiger partial charge is 0.374 e. The quantitative estimate of drug-likeness (QED) is 0.319. The number of halogens is 1. The molecule has 0 atom stereocenters. The fraction of sp³-hybridized carbons (Fsp3) is 0.294. The molecule has 6 nitrogen and oxygen atoms in total. The maximum Gasteiger partial charge on any atom is 0.374 e. The number of ether oxygens (including phenoxy) is 1. The second-order valence-electron chi connectivity index (χ2n) is 5.11. The van der Waals surface area contributed by atoms with Crippen molar-refractivity contribution in [2.24, 2.45) is 10.7 Å². The number of esters is 1. The first-order chi connectivity index (χ1) is 11.0. The molecule has 7 heteroatoms. The molecule has 0 radical (unpaired) electrons. The van der Waals surface area contributed by atoms with Crippen LogP contribution in [0.4, 0.5) is 5.69 Å². The molecule has 0 unspecified atom stereocenters. The van der Waals surface area contributed by atoms with Crippen LogP contribution in [0.2, 0.25) is 0 Å². The number of carbonyl (C=O) groups excluding carboxylic acids is 1. The number of aliphatic imine (C=N–C) groups is 1. The van der Waals surface area contributed by atoms with E-state index in [2.05, 4.69) is 17.2 Å². The van der Waals surface area contributed by atoms with E-state index in [1.165, 1.54) is 11.1 Å². The molecule has 24 heavy (non-hydrogen) atoms. The molecule has 0 aliphatic carbocycles. The number of nitrogens with zero attached hydrogens (tertiary/aromatic N) is 1. The fourth-order valence-corrected chi connectivity index (χ4v) is 1.94. The highest BCUT2D eigenvalue weighted by Crippen LogP contribution is 2.14. The SMILES string of the molecule is CCOC(=O)c1ccc(CN=C(N)Nc2ccc(C)c(C)c2)o1.I. The summed E-state index contributed by atoms with van der Waals surface area (Å²) in [5.74, 6) is 0.502. The van der Waals surface area contributed by atoms with E-state index in [4.69, 9.17) is 14.9 Å². The molecule has 1 aromatic heterocycles. The molecule has 0 saturated carbocycles. The van der Waals surface area contributed by atoms with Gasteiger partial charge in [0.2, 0.25) is 5.76 Å². The molecule has 130 valence electrons. The molecular formula is C17H22IN3O3. The average Bonchev–Trinajstić information content (AvgIpc) is 2.98. The number of hydrogen-bond acceptors (Lipinski definition) is 4. The highest BCUT2D eigenvalue weighted by molar-refractivity contribution is 14.0. The molecule has 0 fully saturated rings. The summed E-state index contributed by atoms with van der Waals surface area (Å²) < 4.78 is 10.2. The van der Waals surface area contributed by atoms with Gasteiger partial charge in [0.05, 0.1) is 6.61 Å². The molecule has 1 heterocycles. The van der Waals surface area contributed by atoms with Gasteiger partial charge in [-0.25, -0.2) is 9.79 Å². The van der Waals surface area contributed by atoms with Gasteiger partial charge >= 0.3 is 5.97 Å². The Morgan fingerprint density at radius 1 is 1.25 bits per heavy atom. The first kappa shape index (κ1) is 20.0. The maximum atomic E-state index is 11.5. The molecule has 0 amide bonds. The highest BCUT2D eigenvalue weighted by atomic mass is 127. The van der Waals surface area contributed by atoms with Gasteiger partial charge in [-0.1, -0.05) is 6.07 Å². The summed E-state index contributed by atoms with van der Waals surface area (Å²) in [5.41, 5.74) is 9.13. The molecule has 3 N–H and O–H groups in total. The van der Waals surface area contributed by atoms with Crippen molar-refractivity contribution >= 4 is 41.6 Å². The number of carbonyl (C=O) groups is 1. The Morgan fingerprint density at radius 3 is 2.67 bits per heavy atom. The van der Waals surface area contributed by atoms with Crippen molar-refractivity contribution in [2.75, 3.05) is 11.9 Å². The van der Waals surface area contributed by atoms with Crippen LogP contribution in [-0.4, -0.2) is 18.5 Å². The molecule has 0 bridgehead atoms. The Morgan fingerprint density at radius 2 is 2.00 bits per heavy atom. The van der Waals surface area contributed by atoms with Crippen molar-refractivity contribution in [3.8, 4) is 0 Å². The van der Waals surface area contributed by atoms with Crippen molar-refractivity contribution in [1.82, 2.24) is 0 Å². The monoisotopic (exact) mass is 443 g/mol. The first-order valence-electron chi connectivity index (χ1n) is 7.39. The lowest BCUT2D eigenvalue weighted by Gasteiger charge is -2.07. The number of rotatable bonds is 5. The van der Waals surface area contributed by atoms with E-state index >= 15 is 0 Å². The maximum absolute atomic E-state index is 11.5. The fourth-order valence-electron chi connectivity index (χ4n) is 1.94. The van der Waals surface area contributed by atoms with E-state index < -0.39 is 5.97 Å². The lowest BCUT2D eigenvalue weighted by atomic mass is 10.1. The molecule has 0 aliphatic rings. The highest BCUT2D eigenvalue weighted by Gasteiger charge is 2.11. The van der Waals surface area contributed by atoms with Crippen LogP contribution >= 0.6 is 24.0 Å². The van der Waals surface area contributed by atoms with Crippen molar-refractivity contribution in [2.45, 2.75) is 27.3 Å². The summed E-state index contributed by atoms with van der Waals surface area (Å²) in [7, 11) is 0. The first-order valence-corrected chi connectivity index (χ1v) is 7.39. The minimum atomic E-state index is -0.482. The van der Waals surface area contributed by atoms with Crippen LogP contribution in [0.15, 0.2) is 39.7 Å². The molecule has 0 saturated heterocycles. The molecule has 0 aliphatic heterocycles. The van der Waals surface area contributed by atoms with E-state index in [0.29, 0.717) is 12.4 Å². The van der Waals surface area contributed by atoms with Crippen LogP contribution in [0.25, 0.3) is 0 Å². The molecule has 1 aromatic carbocycles. The second kappa shape index (κ2) is 9.31. The van der Waals surface area contributed by atoms with E-state index in [1.54, 1.807) is 19.1 Å². The zero-order valence-electron chi connectivity index (χ0n) is 14.0. The topological polar surface area (TPSA) is 89.8 Å². The molecule has 2 rings (SSSR count). The summed E-state index contributed by atoms with van der Waals surface area (Å²) in [6, 6.07) is 9.21. The van der Waals surface area contributed by atoms with Gasteiger partial charge in [-0.2, -0.15) is 0 Å². The summed E-state index contributed by atoms with van der Waals surface area (Å²) >= 11 is 0. The number of hydrogen-bond donors (Lipinski definition) is 2. The van der Waals surface area contributed by atoms with Crippen molar-refractivity contribution < 1.29 is 13.9 Å². The third-order valence-corrected chi connectivity index (χ3v) is 3.32.